The molecule has 2 aromatic carbocycles. The molecule has 2 heterocycles. The first kappa shape index (κ1) is 22.6. The van der Waals surface area contributed by atoms with Crippen LogP contribution in [0.3, 0.4) is 0 Å². The Balaban J connectivity index is 1.51. The molecular formula is C22H24ClN3O5S. The van der Waals surface area contributed by atoms with Gasteiger partial charge in [-0.1, -0.05) is 28.8 Å². The Morgan fingerprint density at radius 3 is 2.31 bits per heavy atom. The quantitative estimate of drug-likeness (QED) is 0.733. The fourth-order valence-electron chi connectivity index (χ4n) is 3.96. The Morgan fingerprint density at radius 1 is 1.06 bits per heavy atom. The van der Waals surface area contributed by atoms with E-state index in [0.717, 1.165) is 11.1 Å². The number of nitrogens with zero attached hydrogens (tertiary/aromatic N) is 2. The predicted octanol–water partition coefficient (Wildman–Crippen LogP) is 2.82. The number of nitrogens with one attached hydrogen (secondary N) is 1. The molecule has 8 nitrogen and oxygen atoms in total. The summed E-state index contributed by atoms with van der Waals surface area (Å²) in [5, 5.41) is 2.65. The van der Waals surface area contributed by atoms with Crippen molar-refractivity contribution in [2.75, 3.05) is 31.5 Å². The molecule has 10 heteroatoms. The third kappa shape index (κ3) is 4.20. The van der Waals surface area contributed by atoms with E-state index >= 15 is 0 Å². The maximum absolute atomic E-state index is 13.3. The van der Waals surface area contributed by atoms with Crippen LogP contribution >= 0.6 is 11.6 Å². The van der Waals surface area contributed by atoms with E-state index in [2.05, 4.69) is 5.32 Å². The second-order valence-electron chi connectivity index (χ2n) is 8.10. The number of rotatable bonds is 3. The number of hydrogen-bond donors (Lipinski definition) is 1. The van der Waals surface area contributed by atoms with E-state index < -0.39 is 16.1 Å². The summed E-state index contributed by atoms with van der Waals surface area (Å²) in [7, 11) is -3.91. The van der Waals surface area contributed by atoms with Crippen LogP contribution in [0.25, 0.3) is 0 Å². The number of benzene rings is 2. The Kier molecular flexibility index (Phi) is 5.91. The van der Waals surface area contributed by atoms with Gasteiger partial charge in [-0.3, -0.25) is 9.59 Å². The first-order chi connectivity index (χ1) is 15.1. The third-order valence-corrected chi connectivity index (χ3v) is 7.94. The molecule has 1 N–H and O–H groups in total. The summed E-state index contributed by atoms with van der Waals surface area (Å²) in [5.41, 5.74) is 2.94. The van der Waals surface area contributed by atoms with Crippen molar-refractivity contribution in [2.45, 2.75) is 31.8 Å². The Morgan fingerprint density at radius 2 is 1.69 bits per heavy atom. The summed E-state index contributed by atoms with van der Waals surface area (Å²) in [6.45, 7) is 6.31. The topological polar surface area (TPSA) is 96.0 Å². The number of aryl methyl sites for hydroxylation is 2. The molecule has 2 amide bonds. The molecule has 1 saturated heterocycles. The molecule has 2 aromatic rings. The molecule has 170 valence electrons. The number of sulfonamides is 1. The van der Waals surface area contributed by atoms with Gasteiger partial charge < -0.3 is 15.0 Å². The largest absolute Gasteiger partial charge is 0.479 e. The zero-order valence-electron chi connectivity index (χ0n) is 18.0. The number of carbonyl (C=O) groups is 2. The van der Waals surface area contributed by atoms with Crippen LogP contribution in [-0.4, -0.2) is 61.7 Å². The fraction of sp³-hybridized carbons (Fsp3) is 0.364. The van der Waals surface area contributed by atoms with Gasteiger partial charge in [0.2, 0.25) is 10.0 Å². The Bertz CT molecular complexity index is 1190. The van der Waals surface area contributed by atoms with Crippen LogP contribution in [0.15, 0.2) is 35.2 Å². The fourth-order valence-corrected chi connectivity index (χ4v) is 5.90. The zero-order valence-corrected chi connectivity index (χ0v) is 19.6. The second-order valence-corrected chi connectivity index (χ2v) is 10.4. The SMILES string of the molecule is Cc1cc(C)cc(C(=O)N2CCN(S(=O)(=O)c3cc4c(cc3Cl)NC(=O)[C@H](C)O4)CC2)c1. The molecule has 2 aliphatic rings. The summed E-state index contributed by atoms with van der Waals surface area (Å²) >= 11 is 6.26. The number of piperazine rings is 1. The molecule has 4 rings (SSSR count). The van der Waals surface area contributed by atoms with Crippen LogP contribution in [0.4, 0.5) is 5.69 Å². The Hall–Kier alpha value is -2.62. The van der Waals surface area contributed by atoms with Crippen LogP contribution in [0.1, 0.15) is 28.4 Å². The molecule has 1 fully saturated rings. The number of carbonyl (C=O) groups excluding carboxylic acids is 2. The van der Waals surface area contributed by atoms with Crippen molar-refractivity contribution in [3.8, 4) is 5.75 Å². The average molecular weight is 478 g/mol. The number of halogens is 1. The monoisotopic (exact) mass is 477 g/mol. The van der Waals surface area contributed by atoms with Gasteiger partial charge in [-0.05, 0) is 39.0 Å². The van der Waals surface area contributed by atoms with Crippen molar-refractivity contribution < 1.29 is 22.7 Å². The van der Waals surface area contributed by atoms with Crippen molar-refractivity contribution in [2.24, 2.45) is 0 Å². The summed E-state index contributed by atoms with van der Waals surface area (Å²) in [4.78, 5) is 26.2. The molecule has 0 unspecified atom stereocenters. The Labute approximate surface area is 192 Å². The first-order valence-corrected chi connectivity index (χ1v) is 12.1. The maximum atomic E-state index is 13.3. The normalized spacial score (nSPS) is 19.2. The minimum atomic E-state index is -3.91. The second kappa shape index (κ2) is 8.38. The van der Waals surface area contributed by atoms with Gasteiger partial charge in [0.1, 0.15) is 10.6 Å². The molecule has 0 aromatic heterocycles. The van der Waals surface area contributed by atoms with Crippen molar-refractivity contribution in [3.63, 3.8) is 0 Å². The number of amides is 2. The van der Waals surface area contributed by atoms with E-state index in [-0.39, 0.29) is 53.7 Å². The number of ether oxygens (including phenoxy) is 1. The molecule has 0 spiro atoms. The summed E-state index contributed by atoms with van der Waals surface area (Å²) < 4.78 is 33.4. The summed E-state index contributed by atoms with van der Waals surface area (Å²) in [5.74, 6) is -0.184. The van der Waals surface area contributed by atoms with E-state index in [9.17, 15) is 18.0 Å². The molecular weight excluding hydrogens is 454 g/mol. The molecule has 32 heavy (non-hydrogen) atoms. The molecule has 2 aliphatic heterocycles. The molecule has 0 saturated carbocycles. The van der Waals surface area contributed by atoms with Gasteiger partial charge in [0.25, 0.3) is 11.8 Å². The maximum Gasteiger partial charge on any atom is 0.265 e. The van der Waals surface area contributed by atoms with Gasteiger partial charge in [0, 0.05) is 37.8 Å². The highest BCUT2D eigenvalue weighted by molar-refractivity contribution is 7.89. The van der Waals surface area contributed by atoms with E-state index in [4.69, 9.17) is 16.3 Å². The highest BCUT2D eigenvalue weighted by Gasteiger charge is 2.34. The lowest BCUT2D eigenvalue weighted by Crippen LogP contribution is -2.50. The minimum Gasteiger partial charge on any atom is -0.479 e. The summed E-state index contributed by atoms with van der Waals surface area (Å²) in [6.07, 6.45) is -0.737. The lowest BCUT2D eigenvalue weighted by atomic mass is 10.1. The van der Waals surface area contributed by atoms with E-state index in [0.29, 0.717) is 11.3 Å². The number of anilines is 1. The van der Waals surface area contributed by atoms with Crippen molar-refractivity contribution in [1.29, 1.82) is 0 Å². The standard InChI is InChI=1S/C22H24ClN3O5S/c1-13-8-14(2)10-16(9-13)22(28)25-4-6-26(7-5-25)32(29,30)20-12-19-18(11-17(20)23)24-21(27)15(3)31-19/h8-12,15H,4-7H2,1-3H3,(H,24,27)/t15-/m0/s1. The van der Waals surface area contributed by atoms with Crippen molar-refractivity contribution in [3.05, 3.63) is 52.0 Å². The molecule has 0 bridgehead atoms. The van der Waals surface area contributed by atoms with Crippen LogP contribution < -0.4 is 10.1 Å². The first-order valence-electron chi connectivity index (χ1n) is 10.2. The minimum absolute atomic E-state index is 0.00375. The van der Waals surface area contributed by atoms with Crippen LogP contribution in [0, 0.1) is 13.8 Å². The number of hydrogen-bond acceptors (Lipinski definition) is 5. The molecule has 1 atom stereocenters. The van der Waals surface area contributed by atoms with Gasteiger partial charge in [0.15, 0.2) is 6.10 Å². The highest BCUT2D eigenvalue weighted by Crippen LogP contribution is 2.38. The predicted molar refractivity (Wildman–Crippen MR) is 121 cm³/mol. The van der Waals surface area contributed by atoms with E-state index in [1.54, 1.807) is 11.8 Å². The van der Waals surface area contributed by atoms with Crippen molar-refractivity contribution >= 4 is 39.1 Å². The van der Waals surface area contributed by atoms with Crippen LogP contribution in [0.2, 0.25) is 5.02 Å². The van der Waals surface area contributed by atoms with Crippen LogP contribution in [-0.2, 0) is 14.8 Å². The van der Waals surface area contributed by atoms with Gasteiger partial charge in [-0.2, -0.15) is 4.31 Å². The van der Waals surface area contributed by atoms with E-state index in [1.807, 2.05) is 32.0 Å². The highest BCUT2D eigenvalue weighted by atomic mass is 35.5. The molecule has 0 aliphatic carbocycles. The smallest absolute Gasteiger partial charge is 0.265 e. The van der Waals surface area contributed by atoms with Crippen LogP contribution in [0.5, 0.6) is 5.75 Å². The number of fused-ring (bicyclic) bond motifs is 1. The van der Waals surface area contributed by atoms with Crippen molar-refractivity contribution in [1.82, 2.24) is 9.21 Å². The lowest BCUT2D eigenvalue weighted by Gasteiger charge is -2.34. The summed E-state index contributed by atoms with van der Waals surface area (Å²) in [6, 6.07) is 8.40. The van der Waals surface area contributed by atoms with Gasteiger partial charge >= 0.3 is 0 Å². The molecule has 0 radical (unpaired) electrons. The van der Waals surface area contributed by atoms with Gasteiger partial charge in [0.05, 0.1) is 10.7 Å². The average Bonchev–Trinajstić information content (AvgIpc) is 2.73. The third-order valence-electron chi connectivity index (χ3n) is 5.58. The zero-order chi connectivity index (χ0) is 23.2. The van der Waals surface area contributed by atoms with Gasteiger partial charge in [-0.25, -0.2) is 8.42 Å². The lowest BCUT2D eigenvalue weighted by molar-refractivity contribution is -0.122. The van der Waals surface area contributed by atoms with E-state index in [1.165, 1.54) is 16.4 Å². The van der Waals surface area contributed by atoms with Gasteiger partial charge in [-0.15, -0.1) is 0 Å².